The zero-order chi connectivity index (χ0) is 17.1. The Kier molecular flexibility index (Phi) is 8.21. The second kappa shape index (κ2) is 9.91. The van der Waals surface area contributed by atoms with Gasteiger partial charge in [0.05, 0.1) is 6.54 Å². The van der Waals surface area contributed by atoms with Crippen LogP contribution in [0.15, 0.2) is 23.3 Å². The molecule has 1 heterocycles. The maximum Gasteiger partial charge on any atom is 0.421 e. The summed E-state index contributed by atoms with van der Waals surface area (Å²) in [6.07, 6.45) is -1.18. The summed E-state index contributed by atoms with van der Waals surface area (Å²) in [6, 6.07) is 2.18. The van der Waals surface area contributed by atoms with Gasteiger partial charge in [0.25, 0.3) is 0 Å². The highest BCUT2D eigenvalue weighted by atomic mass is 19.4. The molecule has 0 saturated carbocycles. The average molecular weight is 332 g/mol. The highest BCUT2D eigenvalue weighted by Crippen LogP contribution is 2.34. The fourth-order valence-electron chi connectivity index (χ4n) is 1.73. The topological polar surface area (TPSA) is 58.5 Å². The molecule has 130 valence electrons. The normalized spacial score (nSPS) is 12.1. The Morgan fingerprint density at radius 1 is 1.30 bits per heavy atom. The first-order chi connectivity index (χ1) is 11.0. The summed E-state index contributed by atoms with van der Waals surface area (Å²) in [5.74, 6) is 0.219. The fourth-order valence-corrected chi connectivity index (χ4v) is 1.73. The molecule has 5 nitrogen and oxygen atoms in total. The summed E-state index contributed by atoms with van der Waals surface area (Å²) in [7, 11) is 0. The average Bonchev–Trinajstić information content (AvgIpc) is 2.51. The van der Waals surface area contributed by atoms with Crippen molar-refractivity contribution in [1.82, 2.24) is 15.6 Å². The van der Waals surface area contributed by atoms with E-state index in [1.54, 1.807) is 0 Å². The van der Waals surface area contributed by atoms with Crippen LogP contribution in [-0.4, -0.2) is 37.2 Å². The van der Waals surface area contributed by atoms with Crippen LogP contribution in [0, 0.1) is 0 Å². The third kappa shape index (κ3) is 7.21. The standard InChI is InChI=1S/C15H23F3N4O/c1-3-5-8-21-14(19-4-2)22-10-11-23-13-12(15(16,17)18)7-6-9-20-13/h6-7,9H,3-5,8,10-11H2,1-2H3,(H2,19,21,22). The molecule has 0 aliphatic carbocycles. The number of alkyl halides is 3. The number of nitrogens with zero attached hydrogens (tertiary/aromatic N) is 2. The molecule has 1 aromatic heterocycles. The Bertz CT molecular complexity index is 492. The van der Waals surface area contributed by atoms with Crippen molar-refractivity contribution in [1.29, 1.82) is 0 Å². The van der Waals surface area contributed by atoms with Gasteiger partial charge in [0, 0.05) is 19.3 Å². The molecule has 2 N–H and O–H groups in total. The van der Waals surface area contributed by atoms with Crippen LogP contribution in [-0.2, 0) is 6.18 Å². The van der Waals surface area contributed by atoms with Crippen molar-refractivity contribution in [2.24, 2.45) is 4.99 Å². The van der Waals surface area contributed by atoms with Crippen LogP contribution in [0.25, 0.3) is 0 Å². The molecule has 0 bridgehead atoms. The lowest BCUT2D eigenvalue weighted by Gasteiger charge is -2.14. The molecule has 0 fully saturated rings. The maximum atomic E-state index is 12.8. The molecule has 23 heavy (non-hydrogen) atoms. The molecule has 0 unspecified atom stereocenters. The van der Waals surface area contributed by atoms with Crippen molar-refractivity contribution in [2.75, 3.05) is 26.2 Å². The van der Waals surface area contributed by atoms with Crippen LogP contribution < -0.4 is 15.4 Å². The Labute approximate surface area is 134 Å². The number of aromatic nitrogens is 1. The van der Waals surface area contributed by atoms with Crippen LogP contribution in [0.2, 0.25) is 0 Å². The number of halogens is 3. The molecule has 0 spiro atoms. The number of guanidine groups is 1. The van der Waals surface area contributed by atoms with Gasteiger partial charge in [0.15, 0.2) is 5.96 Å². The number of hydrogen-bond acceptors (Lipinski definition) is 3. The Morgan fingerprint density at radius 2 is 2.09 bits per heavy atom. The van der Waals surface area contributed by atoms with E-state index >= 15 is 0 Å². The molecule has 1 aromatic rings. The Hall–Kier alpha value is -1.99. The van der Waals surface area contributed by atoms with Crippen molar-refractivity contribution in [3.8, 4) is 5.88 Å². The molecule has 0 radical (unpaired) electrons. The second-order valence-electron chi connectivity index (χ2n) is 4.74. The number of unbranched alkanes of at least 4 members (excludes halogenated alkanes) is 1. The number of rotatable bonds is 8. The van der Waals surface area contributed by atoms with E-state index in [-0.39, 0.29) is 6.61 Å². The number of hydrogen-bond donors (Lipinski definition) is 2. The molecule has 0 aromatic carbocycles. The smallest absolute Gasteiger partial charge is 0.421 e. The van der Waals surface area contributed by atoms with Gasteiger partial charge in [-0.3, -0.25) is 4.99 Å². The summed E-state index contributed by atoms with van der Waals surface area (Å²) in [5.41, 5.74) is -0.872. The summed E-state index contributed by atoms with van der Waals surface area (Å²) >= 11 is 0. The van der Waals surface area contributed by atoms with Gasteiger partial charge in [0.1, 0.15) is 12.2 Å². The van der Waals surface area contributed by atoms with E-state index in [9.17, 15) is 13.2 Å². The molecular weight excluding hydrogens is 309 g/mol. The Balaban J connectivity index is 2.49. The number of ether oxygens (including phenoxy) is 1. The van der Waals surface area contributed by atoms with Gasteiger partial charge in [-0.1, -0.05) is 13.3 Å². The van der Waals surface area contributed by atoms with Crippen LogP contribution in [0.1, 0.15) is 32.3 Å². The van der Waals surface area contributed by atoms with Gasteiger partial charge in [-0.15, -0.1) is 0 Å². The predicted molar refractivity (Wildman–Crippen MR) is 83.6 cm³/mol. The molecule has 0 amide bonds. The summed E-state index contributed by atoms with van der Waals surface area (Å²) < 4.78 is 43.5. The largest absolute Gasteiger partial charge is 0.475 e. The lowest BCUT2D eigenvalue weighted by atomic mass is 10.2. The number of aliphatic imine (C=N–C) groups is 1. The van der Waals surface area contributed by atoms with Crippen LogP contribution in [0.3, 0.4) is 0 Å². The van der Waals surface area contributed by atoms with Gasteiger partial charge in [-0.2, -0.15) is 13.2 Å². The summed E-state index contributed by atoms with van der Waals surface area (Å²) in [6.45, 7) is 5.80. The Morgan fingerprint density at radius 3 is 2.74 bits per heavy atom. The lowest BCUT2D eigenvalue weighted by molar-refractivity contribution is -0.139. The van der Waals surface area contributed by atoms with E-state index in [0.29, 0.717) is 25.6 Å². The van der Waals surface area contributed by atoms with Gasteiger partial charge in [0.2, 0.25) is 5.88 Å². The van der Waals surface area contributed by atoms with E-state index in [1.807, 2.05) is 6.92 Å². The highest BCUT2D eigenvalue weighted by molar-refractivity contribution is 5.79. The van der Waals surface area contributed by atoms with Crippen LogP contribution >= 0.6 is 0 Å². The predicted octanol–water partition coefficient (Wildman–Crippen LogP) is 2.83. The first kappa shape index (κ1) is 19.1. The first-order valence-electron chi connectivity index (χ1n) is 7.66. The molecule has 8 heteroatoms. The molecule has 0 aliphatic heterocycles. The zero-order valence-corrected chi connectivity index (χ0v) is 13.4. The summed E-state index contributed by atoms with van der Waals surface area (Å²) in [4.78, 5) is 7.99. The number of nitrogens with one attached hydrogen (secondary N) is 2. The maximum absolute atomic E-state index is 12.8. The van der Waals surface area contributed by atoms with Crippen molar-refractivity contribution in [2.45, 2.75) is 32.9 Å². The van der Waals surface area contributed by atoms with Gasteiger partial charge >= 0.3 is 6.18 Å². The zero-order valence-electron chi connectivity index (χ0n) is 13.4. The molecular formula is C15H23F3N4O. The third-order valence-electron chi connectivity index (χ3n) is 2.84. The monoisotopic (exact) mass is 332 g/mol. The second-order valence-corrected chi connectivity index (χ2v) is 4.74. The first-order valence-corrected chi connectivity index (χ1v) is 7.66. The van der Waals surface area contributed by atoms with Crippen molar-refractivity contribution >= 4 is 5.96 Å². The SMILES string of the molecule is CCCCN=C(NCC)NCCOc1ncccc1C(F)(F)F. The summed E-state index contributed by atoms with van der Waals surface area (Å²) in [5, 5.41) is 6.08. The minimum atomic E-state index is -4.48. The molecule has 1 rings (SSSR count). The van der Waals surface area contributed by atoms with Gasteiger partial charge < -0.3 is 15.4 Å². The van der Waals surface area contributed by atoms with Gasteiger partial charge in [-0.25, -0.2) is 4.98 Å². The third-order valence-corrected chi connectivity index (χ3v) is 2.84. The van der Waals surface area contributed by atoms with E-state index in [4.69, 9.17) is 4.74 Å². The molecule has 0 aliphatic rings. The van der Waals surface area contributed by atoms with E-state index in [1.165, 1.54) is 12.3 Å². The van der Waals surface area contributed by atoms with Gasteiger partial charge in [-0.05, 0) is 25.5 Å². The highest BCUT2D eigenvalue weighted by Gasteiger charge is 2.34. The quantitative estimate of drug-likeness (QED) is 0.437. The van der Waals surface area contributed by atoms with Crippen LogP contribution in [0.4, 0.5) is 13.2 Å². The minimum absolute atomic E-state index is 0.0539. The lowest BCUT2D eigenvalue weighted by Crippen LogP contribution is -2.39. The fraction of sp³-hybridized carbons (Fsp3) is 0.600. The molecule has 0 atom stereocenters. The van der Waals surface area contributed by atoms with Crippen LogP contribution in [0.5, 0.6) is 5.88 Å². The van der Waals surface area contributed by atoms with E-state index in [0.717, 1.165) is 18.9 Å². The number of pyridine rings is 1. The van der Waals surface area contributed by atoms with E-state index in [2.05, 4.69) is 27.5 Å². The van der Waals surface area contributed by atoms with Crippen molar-refractivity contribution in [3.05, 3.63) is 23.9 Å². The van der Waals surface area contributed by atoms with Crippen molar-refractivity contribution in [3.63, 3.8) is 0 Å². The van der Waals surface area contributed by atoms with Crippen molar-refractivity contribution < 1.29 is 17.9 Å². The minimum Gasteiger partial charge on any atom is -0.475 e. The van der Waals surface area contributed by atoms with E-state index < -0.39 is 17.6 Å². The molecule has 0 saturated heterocycles.